The van der Waals surface area contributed by atoms with Gasteiger partial charge in [0.1, 0.15) is 17.1 Å². The number of rotatable bonds is 6. The first-order chi connectivity index (χ1) is 17.4. The van der Waals surface area contributed by atoms with Crippen LogP contribution in [0.3, 0.4) is 0 Å². The third-order valence-electron chi connectivity index (χ3n) is 5.67. The molecule has 0 unspecified atom stereocenters. The Hall–Kier alpha value is -4.11. The summed E-state index contributed by atoms with van der Waals surface area (Å²) >= 11 is 0. The summed E-state index contributed by atoms with van der Waals surface area (Å²) in [6.07, 6.45) is 0. The molecule has 1 N–H and O–H groups in total. The number of carbonyl (C=O) groups is 1. The Morgan fingerprint density at radius 2 is 1.57 bits per heavy atom. The molecule has 1 amide bonds. The van der Waals surface area contributed by atoms with Crippen LogP contribution in [0.25, 0.3) is 11.3 Å². The van der Waals surface area contributed by atoms with Crippen molar-refractivity contribution in [3.05, 3.63) is 100.0 Å². The monoisotopic (exact) mass is 519 g/mol. The molecule has 7 nitrogen and oxygen atoms in total. The summed E-state index contributed by atoms with van der Waals surface area (Å²) in [7, 11) is -4.27. The lowest BCUT2D eigenvalue weighted by Crippen LogP contribution is -2.31. The van der Waals surface area contributed by atoms with Gasteiger partial charge >= 0.3 is 0 Å². The maximum Gasteiger partial charge on any atom is 0.281 e. The maximum absolute atomic E-state index is 14.7. The lowest BCUT2D eigenvalue weighted by Gasteiger charge is -2.16. The molecule has 37 heavy (non-hydrogen) atoms. The van der Waals surface area contributed by atoms with E-state index < -0.39 is 21.7 Å². The Bertz CT molecular complexity index is 1610. The minimum atomic E-state index is -4.27. The highest BCUT2D eigenvalue weighted by Gasteiger charge is 2.25. The predicted octanol–water partition coefficient (Wildman–Crippen LogP) is 5.74. The first-order valence-electron chi connectivity index (χ1n) is 11.5. The van der Waals surface area contributed by atoms with Crippen LogP contribution in [0.4, 0.5) is 4.39 Å². The summed E-state index contributed by atoms with van der Waals surface area (Å²) in [5, 5.41) is -0.292. The molecule has 4 aromatic rings. The number of nitrogens with one attached hydrogen (secondary N) is 1. The zero-order chi connectivity index (χ0) is 26.9. The average Bonchev–Trinajstić information content (AvgIpc) is 2.81. The van der Waals surface area contributed by atoms with Crippen LogP contribution in [-0.2, 0) is 10.0 Å². The molecule has 0 spiro atoms. The van der Waals surface area contributed by atoms with E-state index in [0.29, 0.717) is 11.4 Å². The second kappa shape index (κ2) is 10.1. The van der Waals surface area contributed by atoms with Gasteiger partial charge in [-0.25, -0.2) is 19.1 Å². The van der Waals surface area contributed by atoms with E-state index in [2.05, 4.69) is 9.97 Å². The molecule has 190 valence electrons. The normalized spacial score (nSPS) is 11.3. The molecule has 4 rings (SSSR count). The molecule has 0 aliphatic carbocycles. The van der Waals surface area contributed by atoms with E-state index in [0.717, 1.165) is 22.3 Å². The van der Waals surface area contributed by atoms with Gasteiger partial charge in [-0.05, 0) is 87.7 Å². The zero-order valence-corrected chi connectivity index (χ0v) is 21.9. The van der Waals surface area contributed by atoms with Crippen molar-refractivity contribution in [1.29, 1.82) is 0 Å². The molecule has 0 saturated heterocycles. The highest BCUT2D eigenvalue weighted by molar-refractivity contribution is 7.90. The number of aryl methyl sites for hydroxylation is 5. The lowest BCUT2D eigenvalue weighted by molar-refractivity contribution is 0.0978. The molecule has 2 aromatic carbocycles. The summed E-state index contributed by atoms with van der Waals surface area (Å²) in [6.45, 7) is 9.07. The van der Waals surface area contributed by atoms with Crippen LogP contribution in [-0.4, -0.2) is 24.3 Å². The molecule has 0 aliphatic rings. The van der Waals surface area contributed by atoms with Gasteiger partial charge in [-0.1, -0.05) is 29.8 Å². The van der Waals surface area contributed by atoms with Crippen LogP contribution in [0, 0.1) is 40.4 Å². The SMILES string of the molecule is Cc1cc(C)c(Oc2nc(-c3ccc(C)cc3F)ccc2C(=O)NS(=O)(=O)c2cccc(C)n2)c(C)c1. The van der Waals surface area contributed by atoms with Crippen molar-refractivity contribution in [3.8, 4) is 22.9 Å². The quantitative estimate of drug-likeness (QED) is 0.349. The molecular weight excluding hydrogens is 493 g/mol. The van der Waals surface area contributed by atoms with E-state index in [-0.39, 0.29) is 27.7 Å². The lowest BCUT2D eigenvalue weighted by atomic mass is 10.1. The summed E-state index contributed by atoms with van der Waals surface area (Å²) in [5.74, 6) is -1.12. The molecule has 2 heterocycles. The van der Waals surface area contributed by atoms with Gasteiger partial charge in [-0.2, -0.15) is 8.42 Å². The number of hydrogen-bond acceptors (Lipinski definition) is 6. The Balaban J connectivity index is 1.80. The summed E-state index contributed by atoms with van der Waals surface area (Å²) in [6, 6.07) is 15.8. The highest BCUT2D eigenvalue weighted by Crippen LogP contribution is 2.33. The molecule has 2 aromatic heterocycles. The molecular formula is C28H26FN3O4S. The van der Waals surface area contributed by atoms with Gasteiger partial charge < -0.3 is 4.74 Å². The van der Waals surface area contributed by atoms with Crippen molar-refractivity contribution < 1.29 is 22.3 Å². The van der Waals surface area contributed by atoms with Crippen molar-refractivity contribution in [3.63, 3.8) is 0 Å². The first-order valence-corrected chi connectivity index (χ1v) is 13.0. The van der Waals surface area contributed by atoms with Gasteiger partial charge in [0.15, 0.2) is 5.03 Å². The largest absolute Gasteiger partial charge is 0.438 e. The van der Waals surface area contributed by atoms with E-state index in [1.807, 2.05) is 37.6 Å². The van der Waals surface area contributed by atoms with Crippen LogP contribution in [0.5, 0.6) is 11.6 Å². The standard InChI is InChI=1S/C28H26FN3O4S/c1-16-9-10-21(23(29)15-16)24-12-11-22(27(33)32-37(34,35)25-8-6-7-20(5)30-25)28(31-24)36-26-18(3)13-17(2)14-19(26)4/h6-15H,1-5H3,(H,32,33). The number of amides is 1. The summed E-state index contributed by atoms with van der Waals surface area (Å²) < 4.78 is 48.6. The molecule has 0 saturated carbocycles. The highest BCUT2D eigenvalue weighted by atomic mass is 32.2. The number of hydrogen-bond donors (Lipinski definition) is 1. The number of carbonyl (C=O) groups excluding carboxylic acids is 1. The van der Waals surface area contributed by atoms with Crippen LogP contribution >= 0.6 is 0 Å². The van der Waals surface area contributed by atoms with Crippen molar-refractivity contribution in [2.24, 2.45) is 0 Å². The summed E-state index contributed by atoms with van der Waals surface area (Å²) in [5.41, 5.74) is 4.17. The molecule has 0 aliphatic heterocycles. The Morgan fingerprint density at radius 3 is 2.22 bits per heavy atom. The third-order valence-corrected chi connectivity index (χ3v) is 6.91. The average molecular weight is 520 g/mol. The number of ether oxygens (including phenoxy) is 1. The van der Waals surface area contributed by atoms with Crippen LogP contribution in [0.1, 0.15) is 38.3 Å². The van der Waals surface area contributed by atoms with E-state index in [9.17, 15) is 17.6 Å². The van der Waals surface area contributed by atoms with Crippen molar-refractivity contribution in [2.75, 3.05) is 0 Å². The van der Waals surface area contributed by atoms with E-state index in [1.54, 1.807) is 32.0 Å². The fraction of sp³-hybridized carbons (Fsp3) is 0.179. The van der Waals surface area contributed by atoms with Gasteiger partial charge in [0, 0.05) is 11.3 Å². The zero-order valence-electron chi connectivity index (χ0n) is 21.1. The summed E-state index contributed by atoms with van der Waals surface area (Å²) in [4.78, 5) is 21.6. The second-order valence-corrected chi connectivity index (χ2v) is 10.5. The van der Waals surface area contributed by atoms with Crippen molar-refractivity contribution >= 4 is 15.9 Å². The fourth-order valence-electron chi connectivity index (χ4n) is 3.99. The Morgan fingerprint density at radius 1 is 0.865 bits per heavy atom. The molecule has 0 bridgehead atoms. The first kappa shape index (κ1) is 26.0. The fourth-order valence-corrected chi connectivity index (χ4v) is 4.97. The van der Waals surface area contributed by atoms with Gasteiger partial charge in [-0.3, -0.25) is 4.79 Å². The van der Waals surface area contributed by atoms with E-state index >= 15 is 0 Å². The minimum Gasteiger partial charge on any atom is -0.438 e. The van der Waals surface area contributed by atoms with Gasteiger partial charge in [0.25, 0.3) is 15.9 Å². The maximum atomic E-state index is 14.7. The van der Waals surface area contributed by atoms with Crippen molar-refractivity contribution in [1.82, 2.24) is 14.7 Å². The molecule has 0 radical (unpaired) electrons. The molecule has 0 atom stereocenters. The second-order valence-electron chi connectivity index (χ2n) is 8.91. The van der Waals surface area contributed by atoms with Gasteiger partial charge in [0.2, 0.25) is 5.88 Å². The van der Waals surface area contributed by atoms with E-state index in [1.165, 1.54) is 30.3 Å². The van der Waals surface area contributed by atoms with E-state index in [4.69, 9.17) is 4.74 Å². The number of nitrogens with zero attached hydrogens (tertiary/aromatic N) is 2. The molecule has 9 heteroatoms. The number of halogens is 1. The predicted molar refractivity (Wildman–Crippen MR) is 139 cm³/mol. The molecule has 0 fully saturated rings. The minimum absolute atomic E-state index is 0.133. The van der Waals surface area contributed by atoms with Gasteiger partial charge in [-0.15, -0.1) is 0 Å². The topological polar surface area (TPSA) is 98.2 Å². The number of sulfonamides is 1. The third kappa shape index (κ3) is 5.67. The number of benzene rings is 2. The Labute approximate surface area is 215 Å². The van der Waals surface area contributed by atoms with Gasteiger partial charge in [0.05, 0.1) is 5.69 Å². The smallest absolute Gasteiger partial charge is 0.281 e. The van der Waals surface area contributed by atoms with Crippen molar-refractivity contribution in [2.45, 2.75) is 39.6 Å². The Kier molecular flexibility index (Phi) is 7.09. The van der Waals surface area contributed by atoms with Crippen LogP contribution in [0.15, 0.2) is 65.7 Å². The van der Waals surface area contributed by atoms with Crippen LogP contribution in [0.2, 0.25) is 0 Å². The number of pyridine rings is 2. The van der Waals surface area contributed by atoms with Crippen LogP contribution < -0.4 is 9.46 Å². The number of aromatic nitrogens is 2.